The Balaban J connectivity index is 1.30. The van der Waals surface area contributed by atoms with Crippen molar-refractivity contribution in [1.29, 1.82) is 0 Å². The van der Waals surface area contributed by atoms with Crippen LogP contribution >= 0.6 is 0 Å². The molecule has 1 aliphatic rings. The predicted octanol–water partition coefficient (Wildman–Crippen LogP) is 10.7. The fourth-order valence-electron chi connectivity index (χ4n) is 6.78. The fraction of sp³-hybridized carbons (Fsp3) is 0.0750. The first-order valence-electron chi connectivity index (χ1n) is 14.8. The third-order valence-electron chi connectivity index (χ3n) is 8.93. The van der Waals surface area contributed by atoms with E-state index in [0.717, 1.165) is 11.3 Å². The molecule has 0 atom stereocenters. The minimum atomic E-state index is 0.579. The lowest BCUT2D eigenvalue weighted by Crippen LogP contribution is -1.98. The normalized spacial score (nSPS) is 13.4. The van der Waals surface area contributed by atoms with Crippen LogP contribution in [0.5, 0.6) is 0 Å². The minimum absolute atomic E-state index is 0.579. The summed E-state index contributed by atoms with van der Waals surface area (Å²) >= 11 is 0. The van der Waals surface area contributed by atoms with Gasteiger partial charge < -0.3 is 0 Å². The summed E-state index contributed by atoms with van der Waals surface area (Å²) in [7, 11) is 0. The number of fused-ring (bicyclic) bond motifs is 5. The Kier molecular flexibility index (Phi) is 5.12. The number of benzene rings is 6. The molecule has 2 aromatic heterocycles. The smallest absolute Gasteiger partial charge is 0.101 e. The van der Waals surface area contributed by atoms with Gasteiger partial charge in [-0.25, -0.2) is 4.52 Å². The van der Waals surface area contributed by atoms with Crippen molar-refractivity contribution in [2.45, 2.75) is 18.8 Å². The third-order valence-corrected chi connectivity index (χ3v) is 8.93. The summed E-state index contributed by atoms with van der Waals surface area (Å²) in [5.74, 6) is 0.579. The molecule has 42 heavy (non-hydrogen) atoms. The molecule has 8 aromatic rings. The van der Waals surface area contributed by atoms with Crippen molar-refractivity contribution in [2.24, 2.45) is 0 Å². The molecule has 2 heterocycles. The number of rotatable bonds is 4. The van der Waals surface area contributed by atoms with Gasteiger partial charge in [-0.15, -0.1) is 0 Å². The molecule has 198 valence electrons. The molecule has 9 rings (SSSR count). The highest BCUT2D eigenvalue weighted by Gasteiger charge is 2.29. The second kappa shape index (κ2) is 9.15. The summed E-state index contributed by atoms with van der Waals surface area (Å²) < 4.78 is 2.25. The Bertz CT molecular complexity index is 2230. The van der Waals surface area contributed by atoms with E-state index in [1.165, 1.54) is 78.6 Å². The average molecular weight is 537 g/mol. The number of hydrogen-bond donors (Lipinski definition) is 0. The van der Waals surface area contributed by atoms with Gasteiger partial charge in [0.25, 0.3) is 0 Å². The van der Waals surface area contributed by atoms with E-state index >= 15 is 0 Å². The molecule has 0 spiro atoms. The van der Waals surface area contributed by atoms with E-state index in [2.05, 4.69) is 144 Å². The number of hydrogen-bond acceptors (Lipinski definition) is 1. The van der Waals surface area contributed by atoms with Crippen LogP contribution in [0.2, 0.25) is 0 Å². The molecule has 0 radical (unpaired) electrons. The molecular formula is C40H28N2. The molecule has 1 saturated carbocycles. The summed E-state index contributed by atoms with van der Waals surface area (Å²) in [4.78, 5) is 0. The van der Waals surface area contributed by atoms with Gasteiger partial charge in [-0.3, -0.25) is 0 Å². The maximum absolute atomic E-state index is 5.39. The van der Waals surface area contributed by atoms with Crippen molar-refractivity contribution in [3.63, 3.8) is 0 Å². The molecular weight excluding hydrogens is 508 g/mol. The Hall–Kier alpha value is -5.21. The van der Waals surface area contributed by atoms with Crippen molar-refractivity contribution in [3.05, 3.63) is 145 Å². The highest BCUT2D eigenvalue weighted by Crippen LogP contribution is 2.45. The standard InChI is InChI=1S/C40H28N2/c1-2-10-27(11-3-1)38-39(41-42-36(26-18-19-26)25-32-14-6-9-17-35(32)40(38)42)29-22-20-28(21-23-29)37-33-15-7-4-12-30(33)24-31-13-5-8-16-34(31)37/h1-17,20-26H,18-19H2. The summed E-state index contributed by atoms with van der Waals surface area (Å²) in [6, 6.07) is 50.7. The number of pyridine rings is 1. The first kappa shape index (κ1) is 23.5. The van der Waals surface area contributed by atoms with Crippen LogP contribution in [-0.2, 0) is 0 Å². The van der Waals surface area contributed by atoms with Crippen molar-refractivity contribution < 1.29 is 0 Å². The van der Waals surface area contributed by atoms with Crippen LogP contribution in [0.1, 0.15) is 24.5 Å². The van der Waals surface area contributed by atoms with E-state index < -0.39 is 0 Å². The van der Waals surface area contributed by atoms with E-state index in [4.69, 9.17) is 5.10 Å². The van der Waals surface area contributed by atoms with Crippen LogP contribution < -0.4 is 0 Å². The highest BCUT2D eigenvalue weighted by atomic mass is 15.2. The molecule has 0 saturated heterocycles. The number of aromatic nitrogens is 2. The zero-order valence-electron chi connectivity index (χ0n) is 23.2. The van der Waals surface area contributed by atoms with Crippen LogP contribution in [0, 0.1) is 0 Å². The van der Waals surface area contributed by atoms with Gasteiger partial charge in [0.05, 0.1) is 5.52 Å². The Morgan fingerprint density at radius 3 is 1.64 bits per heavy atom. The van der Waals surface area contributed by atoms with E-state index in [1.54, 1.807) is 0 Å². The van der Waals surface area contributed by atoms with E-state index in [9.17, 15) is 0 Å². The fourth-order valence-corrected chi connectivity index (χ4v) is 6.78. The Labute approximate surface area is 244 Å². The van der Waals surface area contributed by atoms with Crippen LogP contribution in [0.3, 0.4) is 0 Å². The van der Waals surface area contributed by atoms with Crippen LogP contribution in [0.15, 0.2) is 140 Å². The lowest BCUT2D eigenvalue weighted by atomic mass is 9.91. The van der Waals surface area contributed by atoms with Crippen LogP contribution in [0.4, 0.5) is 0 Å². The largest absolute Gasteiger partial charge is 0.236 e. The van der Waals surface area contributed by atoms with Crippen molar-refractivity contribution >= 4 is 37.8 Å². The zero-order valence-corrected chi connectivity index (χ0v) is 23.2. The highest BCUT2D eigenvalue weighted by molar-refractivity contribution is 6.13. The van der Waals surface area contributed by atoms with Crippen molar-refractivity contribution in [1.82, 2.24) is 9.61 Å². The second-order valence-electron chi connectivity index (χ2n) is 11.6. The van der Waals surface area contributed by atoms with Crippen LogP contribution in [0.25, 0.3) is 71.3 Å². The monoisotopic (exact) mass is 536 g/mol. The van der Waals surface area contributed by atoms with Gasteiger partial charge in [0.15, 0.2) is 0 Å². The maximum Gasteiger partial charge on any atom is 0.101 e. The van der Waals surface area contributed by atoms with Gasteiger partial charge in [-0.2, -0.15) is 5.10 Å². The first-order chi connectivity index (χ1) is 20.8. The molecule has 2 heteroatoms. The molecule has 0 bridgehead atoms. The quantitative estimate of drug-likeness (QED) is 0.205. The summed E-state index contributed by atoms with van der Waals surface area (Å²) in [6.07, 6.45) is 2.47. The second-order valence-corrected chi connectivity index (χ2v) is 11.6. The van der Waals surface area contributed by atoms with Gasteiger partial charge >= 0.3 is 0 Å². The average Bonchev–Trinajstić information content (AvgIpc) is 3.82. The topological polar surface area (TPSA) is 17.3 Å². The van der Waals surface area contributed by atoms with Crippen molar-refractivity contribution in [2.75, 3.05) is 0 Å². The predicted molar refractivity (Wildman–Crippen MR) is 176 cm³/mol. The first-order valence-corrected chi connectivity index (χ1v) is 14.8. The van der Waals surface area contributed by atoms with Gasteiger partial charge in [0.1, 0.15) is 5.69 Å². The maximum atomic E-state index is 5.39. The molecule has 2 nitrogen and oxygen atoms in total. The Morgan fingerprint density at radius 1 is 0.476 bits per heavy atom. The summed E-state index contributed by atoms with van der Waals surface area (Å²) in [5.41, 5.74) is 9.62. The summed E-state index contributed by atoms with van der Waals surface area (Å²) in [5, 5.41) is 13.0. The Morgan fingerprint density at radius 2 is 1.00 bits per heavy atom. The molecule has 6 aromatic carbocycles. The van der Waals surface area contributed by atoms with E-state index in [0.29, 0.717) is 5.92 Å². The van der Waals surface area contributed by atoms with Gasteiger partial charge in [-0.05, 0) is 68.6 Å². The van der Waals surface area contributed by atoms with Gasteiger partial charge in [0, 0.05) is 28.1 Å². The molecule has 0 unspecified atom stereocenters. The van der Waals surface area contributed by atoms with Gasteiger partial charge in [-0.1, -0.05) is 127 Å². The molecule has 1 aliphatic carbocycles. The van der Waals surface area contributed by atoms with Crippen LogP contribution in [-0.4, -0.2) is 9.61 Å². The van der Waals surface area contributed by atoms with Crippen molar-refractivity contribution in [3.8, 4) is 33.5 Å². The van der Waals surface area contributed by atoms with E-state index in [-0.39, 0.29) is 0 Å². The third kappa shape index (κ3) is 3.62. The molecule has 0 N–H and O–H groups in total. The SMILES string of the molecule is c1ccc(-c2c(-c3ccc(-c4c5ccccc5cc5ccccc45)cc3)nn3c(C4CC4)cc4ccccc4c23)cc1. The number of nitrogens with zero attached hydrogens (tertiary/aromatic N) is 2. The molecule has 1 fully saturated rings. The molecule has 0 amide bonds. The lowest BCUT2D eigenvalue weighted by Gasteiger charge is -2.13. The minimum Gasteiger partial charge on any atom is -0.236 e. The zero-order chi connectivity index (χ0) is 27.6. The van der Waals surface area contributed by atoms with E-state index in [1.807, 2.05) is 0 Å². The lowest BCUT2D eigenvalue weighted by molar-refractivity contribution is 0.866. The van der Waals surface area contributed by atoms with Gasteiger partial charge in [0.2, 0.25) is 0 Å². The summed E-state index contributed by atoms with van der Waals surface area (Å²) in [6.45, 7) is 0. The molecule has 0 aliphatic heterocycles.